The molecule has 0 spiro atoms. The molecule has 138 heavy (non-hydrogen) atoms. The molecule has 0 amide bonds. The van der Waals surface area contributed by atoms with Gasteiger partial charge in [0.15, 0.2) is 75.3 Å². The Hall–Kier alpha value is -2.64. The Bertz CT molecular complexity index is 3130. The number of aliphatic hydroxyl groups excluding tert-OH is 48. The van der Waals surface area contributed by atoms with Crippen LogP contribution in [0.25, 0.3) is 0 Å². The van der Waals surface area contributed by atoms with Crippen LogP contribution >= 0.6 is 0 Å². The molecule has 0 aromatic carbocycles. The Balaban J connectivity index is 0.000000234. The molecule has 0 aromatic rings. The van der Waals surface area contributed by atoms with Gasteiger partial charge in [-0.05, 0) is 0 Å². The maximum absolute atomic E-state index is 9.91. The highest BCUT2D eigenvalue weighted by Crippen LogP contribution is 2.37. The lowest BCUT2D eigenvalue weighted by atomic mass is 9.98. The molecule has 60 atom stereocenters. The van der Waals surface area contributed by atoms with Gasteiger partial charge in [0.25, 0.3) is 0 Å². The maximum atomic E-state index is 9.91. The zero-order valence-electron chi connectivity index (χ0n) is 77.5. The predicted molar refractivity (Wildman–Crippen MR) is 412 cm³/mol. The molecule has 0 aromatic heterocycles. The third kappa shape index (κ3) is 28.7. The standard InChI is InChI=1S/6C12H22O11/c6*13-1-3-5(15)7(17)9(19)11(21-3)23-12-10(20)8(18)6(16)4(2-14)22-12/h6*3-20H,1-2H2/t2*3?,4?,5-,6-,7+,8?,9?,10?,11+,12+;2*3?,4?,5-,6-,7+,8?,9?,10?,11-,12+;2*3?,4?,5-,6-,7+,8?,9?,10?,11-,12-/m111111/s1/i6*11D/t3?,4?,5-,6-,7?,8+,9?,10?,11+,12+;m;3?,4?,5-,6-,7?,8+,9?,10?,11+,12-;m;3?,4?,5-,6-,7?,8+,9?,10?,11-,12-;m. The van der Waals surface area contributed by atoms with Crippen molar-refractivity contribution in [3.63, 3.8) is 0 Å². The summed E-state index contributed by atoms with van der Waals surface area (Å²) < 4.78 is 138. The van der Waals surface area contributed by atoms with Gasteiger partial charge in [0.05, 0.1) is 87.5 Å². The summed E-state index contributed by atoms with van der Waals surface area (Å²) in [5.41, 5.74) is 0. The minimum Gasteiger partial charge on any atom is -0.394 e. The van der Waals surface area contributed by atoms with Crippen LogP contribution in [0, 0.1) is 0 Å². The molecular weight excluding hydrogens is 1920 g/mol. The lowest BCUT2D eigenvalue weighted by Crippen LogP contribution is -2.63. The van der Waals surface area contributed by atoms with Crippen LogP contribution in [0.3, 0.4) is 0 Å². The topological polar surface area (TPSA) is 1140 Å². The first-order valence-corrected chi connectivity index (χ1v) is 41.8. The zero-order valence-corrected chi connectivity index (χ0v) is 71.5. The Labute approximate surface area is 784 Å². The molecule has 66 nitrogen and oxygen atoms in total. The summed E-state index contributed by atoms with van der Waals surface area (Å²) in [6.45, 7) is -9.23. The summed E-state index contributed by atoms with van der Waals surface area (Å²) in [6.07, 6.45) is -110. The molecule has 0 saturated carbocycles. The highest BCUT2D eigenvalue weighted by atomic mass is 16.8. The number of hydrogen-bond acceptors (Lipinski definition) is 66. The SMILES string of the molecule is [2H][C@@]1(O[C@@H]2OC(CO)[C@@H](O)C(O)C2O)OC(CO)[C@@H](O)[C@H](O)C1O.[2H][C@@]1(O[C@@H]2OC(CO)[C@@H](O)[C@H](O)C2O)OC(CO)[C@@H](O)C(O)C1O.[2H][C@@]1(O[C@H]2OC(CO)[C@@H](O)[C@H](O)C2O)OC(CO)[C@@H](O)C(O)C1O.[2H][C@]1(O[C@@H]2OC(CO)[C@@H](O)C(O)C2O)OC(CO)[C@@H](O)[C@H](O)C1O.[2H][C@]1(O[C@H]2OC(CO)[C@@H](O)C(O)C2O)OC(CO)[C@@H](O)[C@H](O)C1O.[2H][C@]1(O[C@H]2OC(CO)[C@@H](O)[C@H](O)C2O)OC(CO)[C@@H](O)C(O)C1O. The van der Waals surface area contributed by atoms with E-state index < -0.39 is 448 Å². The van der Waals surface area contributed by atoms with E-state index in [1.165, 1.54) is 0 Å². The highest BCUT2D eigenvalue weighted by Gasteiger charge is 2.58. The number of aliphatic hydroxyl groups is 48. The number of ether oxygens (including phenoxy) is 18. The fourth-order valence-corrected chi connectivity index (χ4v) is 14.1. The normalized spacial score (nSPS) is 55.5. The first-order valence-electron chi connectivity index (χ1n) is 44.8. The van der Waals surface area contributed by atoms with Crippen LogP contribution in [0.5, 0.6) is 0 Å². The quantitative estimate of drug-likeness (QED) is 0.0427. The van der Waals surface area contributed by atoms with E-state index in [1.54, 1.807) is 0 Å². The molecule has 0 radical (unpaired) electrons. The van der Waals surface area contributed by atoms with Gasteiger partial charge in [-0.2, -0.15) is 0 Å². The average Bonchev–Trinajstić information content (AvgIpc) is 0.781. The molecule has 12 saturated heterocycles. The van der Waals surface area contributed by atoms with E-state index in [0.29, 0.717) is 0 Å². The molecule has 0 aliphatic carbocycles. The van der Waals surface area contributed by atoms with Crippen LogP contribution < -0.4 is 0 Å². The van der Waals surface area contributed by atoms with E-state index in [1.807, 2.05) is 0 Å². The van der Waals surface area contributed by atoms with Crippen LogP contribution in [-0.4, -0.2) is 693 Å². The summed E-state index contributed by atoms with van der Waals surface area (Å²) in [5, 5.41) is 460. The van der Waals surface area contributed by atoms with Crippen LogP contribution in [0.2, 0.25) is 0 Å². The van der Waals surface area contributed by atoms with E-state index in [0.717, 1.165) is 0 Å². The van der Waals surface area contributed by atoms with Crippen LogP contribution in [-0.2, 0) is 85.3 Å². The van der Waals surface area contributed by atoms with Crippen molar-refractivity contribution < 1.29 is 339 Å². The van der Waals surface area contributed by atoms with Gasteiger partial charge in [-0.15, -0.1) is 0 Å². The molecular formula is C72H132O66. The fraction of sp³-hybridized carbons (Fsp3) is 1.00. The van der Waals surface area contributed by atoms with Gasteiger partial charge in [-0.25, -0.2) is 0 Å². The molecule has 12 heterocycles. The van der Waals surface area contributed by atoms with Crippen LogP contribution in [0.15, 0.2) is 0 Å². The van der Waals surface area contributed by atoms with Gasteiger partial charge >= 0.3 is 0 Å². The van der Waals surface area contributed by atoms with Crippen molar-refractivity contribution in [3.05, 3.63) is 0 Å². The molecule has 12 aliphatic rings. The van der Waals surface area contributed by atoms with Crippen molar-refractivity contribution >= 4 is 0 Å². The summed E-state index contributed by atoms with van der Waals surface area (Å²) >= 11 is 0. The molecule has 48 N–H and O–H groups in total. The molecule has 66 heteroatoms. The molecule has 12 aliphatic heterocycles. The van der Waals surface area contributed by atoms with Crippen molar-refractivity contribution in [3.8, 4) is 0 Å². The Morgan fingerprint density at radius 1 is 0.116 bits per heavy atom. The van der Waals surface area contributed by atoms with Crippen LogP contribution in [0.4, 0.5) is 0 Å². The molecule has 816 valence electrons. The van der Waals surface area contributed by atoms with Gasteiger partial charge in [-0.3, -0.25) is 0 Å². The van der Waals surface area contributed by atoms with Gasteiger partial charge < -0.3 is 330 Å². The van der Waals surface area contributed by atoms with Gasteiger partial charge in [0.1, 0.15) is 293 Å². The Morgan fingerprint density at radius 3 is 0.283 bits per heavy atom. The summed E-state index contributed by atoms with van der Waals surface area (Å²) in [6, 6.07) is 0. The van der Waals surface area contributed by atoms with E-state index in [4.69, 9.17) is 155 Å². The van der Waals surface area contributed by atoms with E-state index >= 15 is 0 Å². The lowest BCUT2D eigenvalue weighted by Gasteiger charge is -2.44. The Kier molecular flexibility index (Phi) is 45.3. The van der Waals surface area contributed by atoms with Crippen LogP contribution in [0.1, 0.15) is 8.22 Å². The van der Waals surface area contributed by atoms with Crippen molar-refractivity contribution in [1.82, 2.24) is 0 Å². The Morgan fingerprint density at radius 2 is 0.196 bits per heavy atom. The van der Waals surface area contributed by atoms with E-state index in [9.17, 15) is 184 Å². The summed E-state index contributed by atoms with van der Waals surface area (Å²) in [4.78, 5) is 0. The van der Waals surface area contributed by atoms with Crippen molar-refractivity contribution in [1.29, 1.82) is 0 Å². The summed E-state index contributed by atoms with van der Waals surface area (Å²) in [7, 11) is 0. The minimum absolute atomic E-state index is 0.736. The predicted octanol–water partition coefficient (Wildman–Crippen LogP) is -32.4. The van der Waals surface area contributed by atoms with E-state index in [2.05, 4.69) is 0 Å². The summed E-state index contributed by atoms with van der Waals surface area (Å²) in [5.74, 6) is 0. The van der Waals surface area contributed by atoms with Gasteiger partial charge in [0, 0.05) is 0 Å². The third-order valence-electron chi connectivity index (χ3n) is 22.9. The molecule has 12 fully saturated rings. The third-order valence-corrected chi connectivity index (χ3v) is 22.9. The van der Waals surface area contributed by atoms with Crippen molar-refractivity contribution in [2.45, 2.75) is 368 Å². The smallest absolute Gasteiger partial charge is 0.189 e. The van der Waals surface area contributed by atoms with Gasteiger partial charge in [-0.1, -0.05) is 0 Å². The second kappa shape index (κ2) is 55.6. The number of rotatable bonds is 24. The molecule has 30 unspecified atom stereocenters. The maximum Gasteiger partial charge on any atom is 0.189 e. The zero-order chi connectivity index (χ0) is 109. The first-order chi connectivity index (χ1) is 66.9. The lowest BCUT2D eigenvalue weighted by molar-refractivity contribution is -0.376. The average molecular weight is 2060 g/mol. The van der Waals surface area contributed by atoms with Gasteiger partial charge in [0.2, 0.25) is 0 Å². The van der Waals surface area contributed by atoms with Crippen molar-refractivity contribution in [2.75, 3.05) is 79.3 Å². The highest BCUT2D eigenvalue weighted by molar-refractivity contribution is 5.01. The second-order valence-electron chi connectivity index (χ2n) is 32.4. The second-order valence-corrected chi connectivity index (χ2v) is 32.4. The monoisotopic (exact) mass is 2060 g/mol. The fourth-order valence-electron chi connectivity index (χ4n) is 14.1. The number of hydrogen-bond donors (Lipinski definition) is 48. The largest absolute Gasteiger partial charge is 0.394 e. The minimum atomic E-state index is -2.76. The molecule has 0 bridgehead atoms. The first kappa shape index (κ1) is 113. The molecule has 12 rings (SSSR count). The van der Waals surface area contributed by atoms with E-state index in [-0.39, 0.29) is 0 Å². The van der Waals surface area contributed by atoms with Crippen molar-refractivity contribution in [2.24, 2.45) is 0 Å².